The maximum absolute atomic E-state index is 9.65. The number of aliphatic hydroxyl groups excluding tert-OH is 1. The van der Waals surface area contributed by atoms with E-state index in [1.54, 1.807) is 6.92 Å². The van der Waals surface area contributed by atoms with Crippen LogP contribution in [0.25, 0.3) is 5.69 Å². The van der Waals surface area contributed by atoms with Crippen LogP contribution >= 0.6 is 0 Å². The summed E-state index contributed by atoms with van der Waals surface area (Å²) in [5.41, 5.74) is 2.81. The minimum absolute atomic E-state index is 0.566. The number of benzene rings is 1. The fourth-order valence-electron chi connectivity index (χ4n) is 2.40. The van der Waals surface area contributed by atoms with Crippen molar-refractivity contribution in [2.24, 2.45) is 0 Å². The smallest absolute Gasteiger partial charge is 0.128 e. The Morgan fingerprint density at radius 1 is 1.13 bits per heavy atom. The molecule has 3 rings (SSSR count). The fourth-order valence-corrected chi connectivity index (χ4v) is 2.40. The lowest BCUT2D eigenvalue weighted by molar-refractivity contribution is 0.194. The van der Waals surface area contributed by atoms with Crippen molar-refractivity contribution in [3.05, 3.63) is 72.2 Å². The van der Waals surface area contributed by atoms with Crippen LogP contribution < -0.4 is 4.90 Å². The average Bonchev–Trinajstić information content (AvgIpc) is 3.04. The number of anilines is 1. The zero-order valence-corrected chi connectivity index (χ0v) is 13.3. The van der Waals surface area contributed by atoms with E-state index < -0.39 is 6.10 Å². The summed E-state index contributed by atoms with van der Waals surface area (Å²) in [4.78, 5) is 6.52. The number of aliphatic hydroxyl groups is 1. The van der Waals surface area contributed by atoms with Crippen molar-refractivity contribution in [1.82, 2.24) is 14.8 Å². The number of aromatic nitrogens is 3. The molecular formula is C18H20N4O. The van der Waals surface area contributed by atoms with Crippen molar-refractivity contribution in [2.45, 2.75) is 19.6 Å². The number of rotatable bonds is 5. The molecule has 0 saturated carbocycles. The lowest BCUT2D eigenvalue weighted by Gasteiger charge is -2.18. The Balaban J connectivity index is 1.75. The molecule has 2 aromatic heterocycles. The van der Waals surface area contributed by atoms with Crippen LogP contribution in [0.2, 0.25) is 0 Å². The Morgan fingerprint density at radius 3 is 2.65 bits per heavy atom. The molecule has 23 heavy (non-hydrogen) atoms. The van der Waals surface area contributed by atoms with Crippen molar-refractivity contribution >= 4 is 5.82 Å². The molecule has 118 valence electrons. The maximum atomic E-state index is 9.65. The third-order valence-electron chi connectivity index (χ3n) is 3.65. The van der Waals surface area contributed by atoms with Crippen molar-refractivity contribution in [2.75, 3.05) is 11.9 Å². The van der Waals surface area contributed by atoms with Crippen molar-refractivity contribution < 1.29 is 5.11 Å². The molecule has 3 aromatic rings. The molecule has 1 atom stereocenters. The quantitative estimate of drug-likeness (QED) is 0.787. The van der Waals surface area contributed by atoms with Crippen LogP contribution in [-0.2, 0) is 6.54 Å². The van der Waals surface area contributed by atoms with Gasteiger partial charge in [-0.2, -0.15) is 5.10 Å². The summed E-state index contributed by atoms with van der Waals surface area (Å²) in [5, 5.41) is 14.1. The van der Waals surface area contributed by atoms with Gasteiger partial charge in [0.2, 0.25) is 0 Å². The minimum Gasteiger partial charge on any atom is -0.387 e. The van der Waals surface area contributed by atoms with Gasteiger partial charge < -0.3 is 10.0 Å². The number of pyridine rings is 1. The molecule has 1 N–H and O–H groups in total. The summed E-state index contributed by atoms with van der Waals surface area (Å²) in [6.07, 6.45) is 3.32. The first kappa shape index (κ1) is 15.2. The standard InChI is InChI=1S/C18H20N4O/c1-14(23)17-9-6-10-18(20-17)21(2)12-15-11-19-22(13-15)16-7-4-3-5-8-16/h3-11,13-14,23H,12H2,1-2H3/t14-/m1/s1. The molecule has 5 nitrogen and oxygen atoms in total. The number of nitrogens with zero attached hydrogens (tertiary/aromatic N) is 4. The predicted octanol–water partition coefficient (Wildman–Crippen LogP) is 2.96. The van der Waals surface area contributed by atoms with E-state index in [2.05, 4.69) is 10.1 Å². The molecule has 0 amide bonds. The molecule has 1 aromatic carbocycles. The molecule has 2 heterocycles. The van der Waals surface area contributed by atoms with Crippen molar-refractivity contribution in [1.29, 1.82) is 0 Å². The highest BCUT2D eigenvalue weighted by atomic mass is 16.3. The predicted molar refractivity (Wildman–Crippen MR) is 90.5 cm³/mol. The molecule has 5 heteroatoms. The topological polar surface area (TPSA) is 54.2 Å². The maximum Gasteiger partial charge on any atom is 0.128 e. The zero-order valence-electron chi connectivity index (χ0n) is 13.3. The second-order valence-corrected chi connectivity index (χ2v) is 5.58. The lowest BCUT2D eigenvalue weighted by atomic mass is 10.2. The van der Waals surface area contributed by atoms with Crippen LogP contribution in [0.4, 0.5) is 5.82 Å². The summed E-state index contributed by atoms with van der Waals surface area (Å²) in [6.45, 7) is 2.42. The van der Waals surface area contributed by atoms with E-state index in [1.165, 1.54) is 0 Å². The number of hydrogen-bond acceptors (Lipinski definition) is 4. The highest BCUT2D eigenvalue weighted by molar-refractivity contribution is 5.40. The van der Waals surface area contributed by atoms with E-state index in [9.17, 15) is 5.11 Å². The van der Waals surface area contributed by atoms with Gasteiger partial charge in [0.05, 0.1) is 23.7 Å². The minimum atomic E-state index is -0.566. The fraction of sp³-hybridized carbons (Fsp3) is 0.222. The largest absolute Gasteiger partial charge is 0.387 e. The second kappa shape index (κ2) is 6.62. The summed E-state index contributed by atoms with van der Waals surface area (Å²) >= 11 is 0. The normalized spacial score (nSPS) is 12.1. The Bertz CT molecular complexity index is 767. The number of hydrogen-bond donors (Lipinski definition) is 1. The van der Waals surface area contributed by atoms with Crippen LogP contribution in [0, 0.1) is 0 Å². The molecule has 0 aliphatic rings. The van der Waals surface area contributed by atoms with Gasteiger partial charge in [-0.25, -0.2) is 9.67 Å². The zero-order chi connectivity index (χ0) is 16.2. The molecule has 0 bridgehead atoms. The van der Waals surface area contributed by atoms with E-state index in [-0.39, 0.29) is 0 Å². The van der Waals surface area contributed by atoms with Gasteiger partial charge in [0.25, 0.3) is 0 Å². The van der Waals surface area contributed by atoms with Crippen molar-refractivity contribution in [3.8, 4) is 5.69 Å². The SMILES string of the molecule is C[C@@H](O)c1cccc(N(C)Cc2cnn(-c3ccccc3)c2)n1. The van der Waals surface area contributed by atoms with Crippen LogP contribution in [0.1, 0.15) is 24.3 Å². The third kappa shape index (κ3) is 3.57. The molecule has 0 radical (unpaired) electrons. The molecule has 0 spiro atoms. The van der Waals surface area contributed by atoms with Crippen LogP contribution in [0.3, 0.4) is 0 Å². The summed E-state index contributed by atoms with van der Waals surface area (Å²) in [7, 11) is 1.98. The van der Waals surface area contributed by atoms with Crippen LogP contribution in [-0.4, -0.2) is 26.9 Å². The van der Waals surface area contributed by atoms with Crippen LogP contribution in [0.15, 0.2) is 60.9 Å². The van der Waals surface area contributed by atoms with Gasteiger partial charge in [-0.3, -0.25) is 0 Å². The Kier molecular flexibility index (Phi) is 4.39. The first-order valence-electron chi connectivity index (χ1n) is 7.58. The molecule has 0 aliphatic heterocycles. The van der Waals surface area contributed by atoms with E-state index >= 15 is 0 Å². The summed E-state index contributed by atoms with van der Waals surface area (Å²) < 4.78 is 1.86. The Hall–Kier alpha value is -2.66. The molecule has 0 aliphatic carbocycles. The highest BCUT2D eigenvalue weighted by Gasteiger charge is 2.09. The van der Waals surface area contributed by atoms with E-state index in [1.807, 2.05) is 77.6 Å². The second-order valence-electron chi connectivity index (χ2n) is 5.58. The van der Waals surface area contributed by atoms with Gasteiger partial charge in [0.1, 0.15) is 5.82 Å². The van der Waals surface area contributed by atoms with Crippen molar-refractivity contribution in [3.63, 3.8) is 0 Å². The summed E-state index contributed by atoms with van der Waals surface area (Å²) in [6, 6.07) is 15.7. The molecular weight excluding hydrogens is 288 g/mol. The van der Waals surface area contributed by atoms with E-state index in [0.29, 0.717) is 12.2 Å². The number of para-hydroxylation sites is 1. The van der Waals surface area contributed by atoms with Gasteiger partial charge in [-0.1, -0.05) is 24.3 Å². The van der Waals surface area contributed by atoms with Gasteiger partial charge in [0.15, 0.2) is 0 Å². The molecule has 0 fully saturated rings. The Labute approximate surface area is 135 Å². The monoisotopic (exact) mass is 308 g/mol. The first-order valence-corrected chi connectivity index (χ1v) is 7.58. The molecule has 0 unspecified atom stereocenters. The van der Waals surface area contributed by atoms with Gasteiger partial charge in [-0.05, 0) is 31.2 Å². The average molecular weight is 308 g/mol. The highest BCUT2D eigenvalue weighted by Crippen LogP contribution is 2.17. The van der Waals surface area contributed by atoms with Gasteiger partial charge in [-0.15, -0.1) is 0 Å². The first-order chi connectivity index (χ1) is 11.1. The Morgan fingerprint density at radius 2 is 1.91 bits per heavy atom. The summed E-state index contributed by atoms with van der Waals surface area (Å²) in [5.74, 6) is 0.830. The van der Waals surface area contributed by atoms with Gasteiger partial charge in [0, 0.05) is 25.4 Å². The molecule has 0 saturated heterocycles. The van der Waals surface area contributed by atoms with Gasteiger partial charge >= 0.3 is 0 Å². The third-order valence-corrected chi connectivity index (χ3v) is 3.65. The van der Waals surface area contributed by atoms with E-state index in [0.717, 1.165) is 17.1 Å². The lowest BCUT2D eigenvalue weighted by Crippen LogP contribution is -2.18. The van der Waals surface area contributed by atoms with E-state index in [4.69, 9.17) is 0 Å². The van der Waals surface area contributed by atoms with Crippen LogP contribution in [0.5, 0.6) is 0 Å².